The largest absolute Gasteiger partial charge is 0.515 e. The van der Waals surface area contributed by atoms with Crippen molar-refractivity contribution < 1.29 is 36.2 Å². The fourth-order valence-electron chi connectivity index (χ4n) is 1.28. The van der Waals surface area contributed by atoms with Crippen LogP contribution in [-0.4, -0.2) is 17.2 Å². The van der Waals surface area contributed by atoms with E-state index in [1.807, 2.05) is 0 Å². The van der Waals surface area contributed by atoms with Crippen molar-refractivity contribution >= 4 is 11.6 Å². The van der Waals surface area contributed by atoms with E-state index in [0.717, 1.165) is 12.1 Å². The minimum atomic E-state index is -5.29. The summed E-state index contributed by atoms with van der Waals surface area (Å²) < 4.78 is 73.6. The van der Waals surface area contributed by atoms with Gasteiger partial charge in [-0.25, -0.2) is 4.85 Å². The van der Waals surface area contributed by atoms with Gasteiger partial charge in [0.2, 0.25) is 5.76 Å². The number of nitrogens with zero attached hydrogens (tertiary/aromatic N) is 1. The molecule has 0 aromatic heterocycles. The molecule has 0 heterocycles. The Morgan fingerprint density at radius 1 is 1.09 bits per heavy atom. The van der Waals surface area contributed by atoms with E-state index in [1.165, 1.54) is 0 Å². The lowest BCUT2D eigenvalue weighted by Gasteiger charge is -2.10. The van der Waals surface area contributed by atoms with Crippen LogP contribution in [0.3, 0.4) is 0 Å². The fourth-order valence-corrected chi connectivity index (χ4v) is 1.28. The summed E-state index contributed by atoms with van der Waals surface area (Å²) in [4.78, 5) is 13.7. The smallest absolute Gasteiger partial charge is 0.438 e. The number of amides is 1. The molecule has 0 fully saturated rings. The number of carbonyl (C=O) groups is 1. The Labute approximate surface area is 119 Å². The fraction of sp³-hybridized carbons (Fsp3) is 0.167. The van der Waals surface area contributed by atoms with Crippen molar-refractivity contribution in [2.45, 2.75) is 12.4 Å². The first-order valence-electron chi connectivity index (χ1n) is 5.33. The summed E-state index contributed by atoms with van der Waals surface area (Å²) in [7, 11) is 0. The molecule has 4 nitrogen and oxygen atoms in total. The van der Waals surface area contributed by atoms with Gasteiger partial charge in [-0.15, -0.1) is 0 Å². The molecule has 0 radical (unpaired) electrons. The van der Waals surface area contributed by atoms with Gasteiger partial charge in [0.1, 0.15) is 0 Å². The summed E-state index contributed by atoms with van der Waals surface area (Å²) in [6.07, 6.45) is -9.91. The molecular formula is C12H6F6N2O2. The van der Waals surface area contributed by atoms with Crippen LogP contribution in [0, 0.1) is 6.57 Å². The number of allylic oxidation sites excluding steroid dienone is 1. The maximum Gasteiger partial charge on any atom is 0.438 e. The van der Waals surface area contributed by atoms with Crippen molar-refractivity contribution in [2.75, 3.05) is 5.32 Å². The number of nitrogens with one attached hydrogen (secondary N) is 1. The predicted octanol–water partition coefficient (Wildman–Crippen LogP) is 3.90. The van der Waals surface area contributed by atoms with Gasteiger partial charge in [0.05, 0.1) is 12.1 Å². The molecule has 10 heteroatoms. The van der Waals surface area contributed by atoms with Crippen LogP contribution in [0.1, 0.15) is 5.56 Å². The number of alkyl halides is 6. The number of hydrogen-bond acceptors (Lipinski definition) is 2. The summed E-state index contributed by atoms with van der Waals surface area (Å²) in [5, 5.41) is 10.6. The summed E-state index contributed by atoms with van der Waals surface area (Å²) in [5.74, 6) is -3.98. The highest BCUT2D eigenvalue weighted by Gasteiger charge is 2.39. The van der Waals surface area contributed by atoms with Crippen LogP contribution < -0.4 is 5.32 Å². The van der Waals surface area contributed by atoms with Crippen LogP contribution in [0.2, 0.25) is 0 Å². The molecule has 0 bridgehead atoms. The van der Waals surface area contributed by atoms with E-state index in [9.17, 15) is 31.1 Å². The molecule has 0 aliphatic carbocycles. The normalized spacial score (nSPS) is 13.1. The summed E-state index contributed by atoms with van der Waals surface area (Å²) in [5.41, 5.74) is -2.91. The van der Waals surface area contributed by atoms with E-state index < -0.39 is 35.3 Å². The van der Waals surface area contributed by atoms with Crippen molar-refractivity contribution in [3.05, 3.63) is 52.7 Å². The molecule has 1 aromatic carbocycles. The first-order chi connectivity index (χ1) is 9.96. The maximum atomic E-state index is 12.3. The van der Waals surface area contributed by atoms with Gasteiger partial charge >= 0.3 is 12.4 Å². The molecule has 1 rings (SSSR count). The van der Waals surface area contributed by atoms with E-state index in [4.69, 9.17) is 11.7 Å². The number of anilines is 1. The molecule has 118 valence electrons. The Morgan fingerprint density at radius 3 is 1.95 bits per heavy atom. The van der Waals surface area contributed by atoms with Gasteiger partial charge < -0.3 is 10.4 Å². The van der Waals surface area contributed by atoms with Gasteiger partial charge in [-0.2, -0.15) is 26.3 Å². The van der Waals surface area contributed by atoms with Crippen LogP contribution >= 0.6 is 0 Å². The number of aliphatic hydroxyl groups is 1. The molecule has 0 saturated carbocycles. The average Bonchev–Trinajstić information content (AvgIpc) is 2.37. The molecule has 0 aliphatic heterocycles. The quantitative estimate of drug-likeness (QED) is 0.375. The molecule has 1 amide bonds. The van der Waals surface area contributed by atoms with Crippen molar-refractivity contribution in [1.82, 2.24) is 0 Å². The van der Waals surface area contributed by atoms with Crippen LogP contribution in [0.15, 0.2) is 35.7 Å². The molecule has 0 saturated heterocycles. The molecule has 0 atom stereocenters. The zero-order chi connectivity index (χ0) is 17.1. The van der Waals surface area contributed by atoms with Gasteiger partial charge in [0, 0.05) is 5.69 Å². The van der Waals surface area contributed by atoms with E-state index in [-0.39, 0.29) is 5.69 Å². The standard InChI is InChI=1S/C12H6F6N2O2/c1-19-8(9(21)12(16,17)18)10(22)20-7-4-2-6(3-5-7)11(13,14)15/h2-5,21H,(H,20,22)/b9-8+. The van der Waals surface area contributed by atoms with Crippen LogP contribution in [0.4, 0.5) is 32.0 Å². The molecule has 0 aliphatic rings. The predicted molar refractivity (Wildman–Crippen MR) is 62.4 cm³/mol. The van der Waals surface area contributed by atoms with Gasteiger partial charge in [-0.3, -0.25) is 4.79 Å². The second-order valence-electron chi connectivity index (χ2n) is 3.84. The van der Waals surface area contributed by atoms with E-state index >= 15 is 0 Å². The van der Waals surface area contributed by atoms with Gasteiger partial charge in [0.15, 0.2) is 0 Å². The third-order valence-corrected chi connectivity index (χ3v) is 2.29. The Balaban J connectivity index is 3.00. The summed E-state index contributed by atoms with van der Waals surface area (Å²) >= 11 is 0. The third-order valence-electron chi connectivity index (χ3n) is 2.29. The zero-order valence-corrected chi connectivity index (χ0v) is 10.4. The number of halogens is 6. The lowest BCUT2D eigenvalue weighted by Crippen LogP contribution is -2.21. The monoisotopic (exact) mass is 324 g/mol. The Morgan fingerprint density at radius 2 is 1.59 bits per heavy atom. The number of benzene rings is 1. The lowest BCUT2D eigenvalue weighted by atomic mass is 10.2. The van der Waals surface area contributed by atoms with Crippen LogP contribution in [0.25, 0.3) is 4.85 Å². The van der Waals surface area contributed by atoms with Gasteiger partial charge in [0.25, 0.3) is 11.6 Å². The number of rotatable bonds is 2. The molecule has 1 aromatic rings. The Hall–Kier alpha value is -2.70. The van der Waals surface area contributed by atoms with Crippen LogP contribution in [0.5, 0.6) is 0 Å². The zero-order valence-electron chi connectivity index (χ0n) is 10.4. The van der Waals surface area contributed by atoms with Crippen LogP contribution in [-0.2, 0) is 11.0 Å². The number of hydrogen-bond donors (Lipinski definition) is 2. The second kappa shape index (κ2) is 5.97. The summed E-state index contributed by atoms with van der Waals surface area (Å²) in [6, 6.07) is 2.79. The molecule has 22 heavy (non-hydrogen) atoms. The van der Waals surface area contributed by atoms with Crippen molar-refractivity contribution in [1.29, 1.82) is 0 Å². The average molecular weight is 324 g/mol. The third kappa shape index (κ3) is 4.15. The summed E-state index contributed by atoms with van der Waals surface area (Å²) in [6.45, 7) is 6.48. The first kappa shape index (κ1) is 17.4. The first-order valence-corrected chi connectivity index (χ1v) is 5.33. The van der Waals surface area contributed by atoms with Gasteiger partial charge in [-0.05, 0) is 24.3 Å². The van der Waals surface area contributed by atoms with Gasteiger partial charge in [-0.1, -0.05) is 0 Å². The molecule has 2 N–H and O–H groups in total. The Bertz CT molecular complexity index is 638. The highest BCUT2D eigenvalue weighted by molar-refractivity contribution is 6.05. The van der Waals surface area contributed by atoms with Crippen molar-refractivity contribution in [3.8, 4) is 0 Å². The number of carbonyl (C=O) groups excluding carboxylic acids is 1. The minimum Gasteiger partial charge on any atom is -0.515 e. The van der Waals surface area contributed by atoms with E-state index in [0.29, 0.717) is 12.1 Å². The van der Waals surface area contributed by atoms with E-state index in [1.54, 1.807) is 5.32 Å². The molecular weight excluding hydrogens is 318 g/mol. The topological polar surface area (TPSA) is 53.7 Å². The minimum absolute atomic E-state index is 0.269. The van der Waals surface area contributed by atoms with Crippen molar-refractivity contribution in [2.24, 2.45) is 0 Å². The Kier molecular flexibility index (Phi) is 4.71. The van der Waals surface area contributed by atoms with E-state index in [2.05, 4.69) is 4.85 Å². The SMILES string of the molecule is [C-]#[N+]/C(C(=O)Nc1ccc(C(F)(F)F)cc1)=C(/O)C(F)(F)F. The highest BCUT2D eigenvalue weighted by Crippen LogP contribution is 2.30. The molecule has 0 spiro atoms. The lowest BCUT2D eigenvalue weighted by molar-refractivity contribution is -0.137. The highest BCUT2D eigenvalue weighted by atomic mass is 19.4. The molecule has 0 unspecified atom stereocenters. The number of aliphatic hydroxyl groups excluding tert-OH is 1. The van der Waals surface area contributed by atoms with Crippen molar-refractivity contribution in [3.63, 3.8) is 0 Å². The second-order valence-corrected chi connectivity index (χ2v) is 3.84. The maximum absolute atomic E-state index is 12.3.